The van der Waals surface area contributed by atoms with E-state index in [1.165, 1.54) is 54.6 Å². The summed E-state index contributed by atoms with van der Waals surface area (Å²) >= 11 is 5.92. The van der Waals surface area contributed by atoms with Crippen molar-refractivity contribution in [3.8, 4) is 5.75 Å². The van der Waals surface area contributed by atoms with Crippen LogP contribution in [-0.4, -0.2) is 34.5 Å². The zero-order chi connectivity index (χ0) is 26.3. The van der Waals surface area contributed by atoms with Gasteiger partial charge in [0.2, 0.25) is 15.8 Å². The summed E-state index contributed by atoms with van der Waals surface area (Å²) in [5.74, 6) is -0.926. The van der Waals surface area contributed by atoms with Crippen LogP contribution in [0.4, 0.5) is 4.39 Å². The topological polar surface area (TPSA) is 107 Å². The molecule has 36 heavy (non-hydrogen) atoms. The maximum absolute atomic E-state index is 16.4. The molecule has 0 radical (unpaired) electrons. The quantitative estimate of drug-likeness (QED) is 0.432. The fraction of sp³-hybridized carbons (Fsp3) is 0.240. The summed E-state index contributed by atoms with van der Waals surface area (Å²) < 4.78 is 73.3. The molecular weight excluding hydrogens is 529 g/mol. The number of carbonyl (C=O) groups excluding carboxylic acids is 1. The largest absolute Gasteiger partial charge is 0.379 e. The number of rotatable bonds is 7. The Morgan fingerprint density at radius 2 is 1.64 bits per heavy atom. The maximum Gasteiger partial charge on any atom is 0.339 e. The highest BCUT2D eigenvalue weighted by molar-refractivity contribution is 7.88. The Morgan fingerprint density at radius 3 is 2.25 bits per heavy atom. The van der Waals surface area contributed by atoms with E-state index in [1.807, 2.05) is 6.92 Å². The van der Waals surface area contributed by atoms with E-state index in [4.69, 9.17) is 15.8 Å². The Morgan fingerprint density at radius 1 is 1.00 bits per heavy atom. The molecule has 3 aromatic carbocycles. The molecule has 1 aliphatic rings. The van der Waals surface area contributed by atoms with Crippen molar-refractivity contribution >= 4 is 37.5 Å². The van der Waals surface area contributed by atoms with Gasteiger partial charge in [0.05, 0.1) is 12.3 Å². The average molecular weight is 552 g/mol. The van der Waals surface area contributed by atoms with Gasteiger partial charge in [-0.1, -0.05) is 41.4 Å². The van der Waals surface area contributed by atoms with Crippen LogP contribution in [0.3, 0.4) is 0 Å². The van der Waals surface area contributed by atoms with Crippen LogP contribution in [0.5, 0.6) is 5.75 Å². The molecule has 0 amide bonds. The predicted octanol–water partition coefficient (Wildman–Crippen LogP) is 4.54. The molecule has 0 heterocycles. The molecule has 0 aliphatic heterocycles. The normalized spacial score (nSPS) is 18.9. The van der Waals surface area contributed by atoms with Crippen LogP contribution >= 0.6 is 11.6 Å². The maximum atomic E-state index is 16.4. The second kappa shape index (κ2) is 9.59. The lowest BCUT2D eigenvalue weighted by atomic mass is 9.75. The molecule has 7 nitrogen and oxygen atoms in total. The van der Waals surface area contributed by atoms with Crippen LogP contribution in [0, 0.1) is 6.92 Å². The summed E-state index contributed by atoms with van der Waals surface area (Å²) in [5.41, 5.74) is -1.02. The molecule has 190 valence electrons. The summed E-state index contributed by atoms with van der Waals surface area (Å²) in [6, 6.07) is 14.5. The smallest absolute Gasteiger partial charge is 0.339 e. The molecule has 0 saturated heterocycles. The molecule has 0 spiro atoms. The van der Waals surface area contributed by atoms with Gasteiger partial charge in [-0.2, -0.15) is 8.42 Å². The van der Waals surface area contributed by atoms with E-state index in [0.29, 0.717) is 10.6 Å². The number of carbonyl (C=O) groups is 1. The summed E-state index contributed by atoms with van der Waals surface area (Å²) in [7, 11) is -8.00. The molecule has 1 aliphatic carbocycles. The predicted molar refractivity (Wildman–Crippen MR) is 134 cm³/mol. The van der Waals surface area contributed by atoms with Crippen LogP contribution < -0.4 is 8.91 Å². The highest BCUT2D eigenvalue weighted by Crippen LogP contribution is 2.42. The van der Waals surface area contributed by atoms with Gasteiger partial charge in [0.1, 0.15) is 10.6 Å². The van der Waals surface area contributed by atoms with Crippen molar-refractivity contribution < 1.29 is 30.2 Å². The Hall–Kier alpha value is -2.79. The number of aryl methyl sites for hydroxylation is 2. The van der Waals surface area contributed by atoms with E-state index >= 15 is 4.39 Å². The first kappa shape index (κ1) is 26.3. The lowest BCUT2D eigenvalue weighted by Crippen LogP contribution is -2.50. The van der Waals surface area contributed by atoms with E-state index in [2.05, 4.69) is 4.72 Å². The molecular formula is C25H23ClFNO6S2. The fourth-order valence-electron chi connectivity index (χ4n) is 4.15. The molecule has 0 aromatic heterocycles. The molecule has 0 fully saturated rings. The summed E-state index contributed by atoms with van der Waals surface area (Å²) in [6.07, 6.45) is 0.607. The van der Waals surface area contributed by atoms with E-state index in [9.17, 15) is 21.6 Å². The summed E-state index contributed by atoms with van der Waals surface area (Å²) in [4.78, 5) is 13.3. The van der Waals surface area contributed by atoms with Crippen molar-refractivity contribution in [1.82, 2.24) is 4.72 Å². The van der Waals surface area contributed by atoms with Crippen molar-refractivity contribution in [2.75, 3.05) is 6.26 Å². The van der Waals surface area contributed by atoms with Crippen LogP contribution in [0.2, 0.25) is 5.02 Å². The van der Waals surface area contributed by atoms with Gasteiger partial charge in [0.15, 0.2) is 5.67 Å². The Bertz CT molecular complexity index is 1520. The Labute approximate surface area is 214 Å². The molecule has 1 N–H and O–H groups in total. The number of fused-ring (bicyclic) bond motifs is 1. The number of sulfonamides is 1. The summed E-state index contributed by atoms with van der Waals surface area (Å²) in [5, 5.41) is 0.373. The van der Waals surface area contributed by atoms with Crippen LogP contribution in [-0.2, 0) is 26.6 Å². The van der Waals surface area contributed by atoms with Gasteiger partial charge < -0.3 is 4.18 Å². The molecule has 3 aromatic rings. The molecule has 11 heteroatoms. The third-order valence-corrected chi connectivity index (χ3v) is 8.14. The van der Waals surface area contributed by atoms with Crippen LogP contribution in [0.1, 0.15) is 39.5 Å². The minimum atomic E-state index is -4.11. The molecule has 0 saturated carbocycles. The second-order valence-corrected chi connectivity index (χ2v) is 12.5. The first-order valence-corrected chi connectivity index (χ1v) is 14.6. The van der Waals surface area contributed by atoms with Crippen molar-refractivity contribution in [1.29, 1.82) is 0 Å². The molecule has 2 atom stereocenters. The number of benzene rings is 3. The van der Waals surface area contributed by atoms with Gasteiger partial charge >= 0.3 is 10.1 Å². The average Bonchev–Trinajstić information content (AvgIpc) is 2.80. The van der Waals surface area contributed by atoms with Crippen molar-refractivity contribution in [3.05, 3.63) is 94.0 Å². The van der Waals surface area contributed by atoms with Crippen molar-refractivity contribution in [2.45, 2.75) is 36.4 Å². The lowest BCUT2D eigenvalue weighted by Gasteiger charge is -2.36. The minimum Gasteiger partial charge on any atom is -0.379 e. The highest BCUT2D eigenvalue weighted by atomic mass is 35.5. The minimum absolute atomic E-state index is 0.0167. The van der Waals surface area contributed by atoms with Gasteiger partial charge in [-0.25, -0.2) is 17.5 Å². The van der Waals surface area contributed by atoms with Gasteiger partial charge in [0.25, 0.3) is 0 Å². The van der Waals surface area contributed by atoms with E-state index in [1.54, 1.807) is 12.1 Å². The summed E-state index contributed by atoms with van der Waals surface area (Å²) in [6.45, 7) is 1.82. The number of Topliss-reactive ketones (excluding diaryl/α,β-unsaturated/α-hetero) is 1. The van der Waals surface area contributed by atoms with Gasteiger partial charge in [-0.15, -0.1) is 0 Å². The van der Waals surface area contributed by atoms with Crippen molar-refractivity contribution in [3.63, 3.8) is 0 Å². The van der Waals surface area contributed by atoms with E-state index in [-0.39, 0.29) is 34.6 Å². The van der Waals surface area contributed by atoms with E-state index in [0.717, 1.165) is 11.8 Å². The number of hydrogen-bond donors (Lipinski definition) is 1. The first-order chi connectivity index (χ1) is 16.8. The zero-order valence-electron chi connectivity index (χ0n) is 19.4. The number of ketones is 1. The number of alkyl halides is 1. The van der Waals surface area contributed by atoms with E-state index < -0.39 is 37.6 Å². The molecule has 0 unspecified atom stereocenters. The van der Waals surface area contributed by atoms with Crippen LogP contribution in [0.25, 0.3) is 0 Å². The zero-order valence-corrected chi connectivity index (χ0v) is 21.8. The first-order valence-electron chi connectivity index (χ1n) is 10.9. The standard InChI is InChI=1S/C25H23ClFNO6S2/c1-16-3-10-21(11-4-16)36(32,33)34-20-9-12-22-18(15-20)13-14-25(27,24(22)29)23(28-35(2,30)31)17-5-7-19(26)8-6-17/h3-12,15,23,28H,13-14H2,1-2H3/t23-,25-/m1/s1. The molecule has 0 bridgehead atoms. The van der Waals surface area contributed by atoms with Gasteiger partial charge in [-0.05, 0) is 73.4 Å². The monoisotopic (exact) mass is 551 g/mol. The number of nitrogens with one attached hydrogen (secondary N) is 1. The van der Waals surface area contributed by atoms with Crippen molar-refractivity contribution in [2.24, 2.45) is 0 Å². The molecule has 4 rings (SSSR count). The lowest BCUT2D eigenvalue weighted by molar-refractivity contribution is 0.0533. The third-order valence-electron chi connectivity index (χ3n) is 5.97. The SMILES string of the molecule is Cc1ccc(S(=O)(=O)Oc2ccc3c(c2)CC[C@@](F)([C@H](NS(C)(=O)=O)c2ccc(Cl)cc2)C3=O)cc1. The Balaban J connectivity index is 1.66. The number of hydrogen-bond acceptors (Lipinski definition) is 6. The van der Waals surface area contributed by atoms with Gasteiger partial charge in [-0.3, -0.25) is 4.79 Å². The third kappa shape index (κ3) is 5.46. The highest BCUT2D eigenvalue weighted by Gasteiger charge is 2.51. The Kier molecular flexibility index (Phi) is 7.00. The van der Waals surface area contributed by atoms with Crippen LogP contribution in [0.15, 0.2) is 71.6 Å². The number of halogens is 2. The van der Waals surface area contributed by atoms with Gasteiger partial charge in [0, 0.05) is 10.6 Å². The second-order valence-electron chi connectivity index (χ2n) is 8.74. The fourth-order valence-corrected chi connectivity index (χ4v) is 5.95.